The molecule has 25 heavy (non-hydrogen) atoms. The number of carbonyl (C=O) groups excluding carboxylic acids is 1. The molecule has 5 nitrogen and oxygen atoms in total. The van der Waals surface area contributed by atoms with Crippen molar-refractivity contribution in [2.75, 3.05) is 0 Å². The van der Waals surface area contributed by atoms with E-state index in [0.717, 1.165) is 17.7 Å². The average molecular weight is 333 g/mol. The van der Waals surface area contributed by atoms with Gasteiger partial charge in [-0.1, -0.05) is 13.0 Å². The number of aryl methyl sites for hydroxylation is 1. The third-order valence-corrected chi connectivity index (χ3v) is 4.69. The predicted octanol–water partition coefficient (Wildman–Crippen LogP) is 3.71. The molecule has 1 N–H and O–H groups in total. The van der Waals surface area contributed by atoms with Gasteiger partial charge in [-0.3, -0.25) is 9.78 Å². The fraction of sp³-hybridized carbons (Fsp3) is 0.250. The van der Waals surface area contributed by atoms with E-state index < -0.39 is 0 Å². The molecular weight excluding hydrogens is 314 g/mol. The number of hydrogen-bond acceptors (Lipinski definition) is 4. The molecule has 0 saturated heterocycles. The van der Waals surface area contributed by atoms with Crippen LogP contribution in [0.3, 0.4) is 0 Å². The summed E-state index contributed by atoms with van der Waals surface area (Å²) in [5.74, 6) is 1.70. The topological polar surface area (TPSA) is 68.0 Å². The zero-order chi connectivity index (χ0) is 17.4. The van der Waals surface area contributed by atoms with E-state index in [9.17, 15) is 4.79 Å². The van der Waals surface area contributed by atoms with Crippen molar-refractivity contribution >= 4 is 5.91 Å². The van der Waals surface area contributed by atoms with Crippen LogP contribution in [0.25, 0.3) is 11.5 Å². The smallest absolute Gasteiger partial charge is 0.251 e. The van der Waals surface area contributed by atoms with Gasteiger partial charge in [-0.05, 0) is 54.7 Å². The van der Waals surface area contributed by atoms with Gasteiger partial charge in [0.05, 0.1) is 12.2 Å². The standard InChI is InChI=1S/C20H19N3O2/c1-12-9-16-10-15(20-22-11-13(2)25-20)3-4-17(16)18(12)23-19(24)14-5-7-21-8-6-14/h3-8,10-12,18H,9H2,1-2H3,(H,23,24). The number of fused-ring (bicyclic) bond motifs is 1. The van der Waals surface area contributed by atoms with Crippen molar-refractivity contribution in [1.29, 1.82) is 0 Å². The van der Waals surface area contributed by atoms with E-state index in [2.05, 4.69) is 34.3 Å². The van der Waals surface area contributed by atoms with Gasteiger partial charge in [0, 0.05) is 23.5 Å². The first-order valence-corrected chi connectivity index (χ1v) is 8.38. The van der Waals surface area contributed by atoms with Crippen molar-refractivity contribution in [2.24, 2.45) is 5.92 Å². The molecule has 5 heteroatoms. The Morgan fingerprint density at radius 3 is 2.76 bits per heavy atom. The lowest BCUT2D eigenvalue weighted by Gasteiger charge is -2.19. The molecule has 0 bridgehead atoms. The monoisotopic (exact) mass is 333 g/mol. The Bertz CT molecular complexity index is 918. The maximum atomic E-state index is 12.5. The molecule has 126 valence electrons. The Morgan fingerprint density at radius 1 is 1.24 bits per heavy atom. The number of aromatic nitrogens is 2. The van der Waals surface area contributed by atoms with E-state index >= 15 is 0 Å². The number of carbonyl (C=O) groups is 1. The summed E-state index contributed by atoms with van der Waals surface area (Å²) in [5.41, 5.74) is 4.01. The molecule has 0 saturated carbocycles. The van der Waals surface area contributed by atoms with Crippen LogP contribution in [0.5, 0.6) is 0 Å². The average Bonchev–Trinajstić information content (AvgIpc) is 3.19. The summed E-state index contributed by atoms with van der Waals surface area (Å²) in [4.78, 5) is 20.7. The lowest BCUT2D eigenvalue weighted by atomic mass is 10.0. The highest BCUT2D eigenvalue weighted by molar-refractivity contribution is 5.94. The van der Waals surface area contributed by atoms with E-state index in [-0.39, 0.29) is 11.9 Å². The van der Waals surface area contributed by atoms with Gasteiger partial charge in [-0.25, -0.2) is 4.98 Å². The third kappa shape index (κ3) is 2.93. The highest BCUT2D eigenvalue weighted by Gasteiger charge is 2.31. The normalized spacial score (nSPS) is 18.8. The molecule has 1 amide bonds. The summed E-state index contributed by atoms with van der Waals surface area (Å²) < 4.78 is 5.62. The van der Waals surface area contributed by atoms with Crippen LogP contribution < -0.4 is 5.32 Å². The number of pyridine rings is 1. The van der Waals surface area contributed by atoms with Crippen molar-refractivity contribution in [3.63, 3.8) is 0 Å². The second-order valence-corrected chi connectivity index (χ2v) is 6.56. The number of amides is 1. The SMILES string of the molecule is Cc1cnc(-c2ccc3c(c2)CC(C)C3NC(=O)c2ccncc2)o1. The Kier molecular flexibility index (Phi) is 3.84. The van der Waals surface area contributed by atoms with Gasteiger partial charge in [0.25, 0.3) is 5.91 Å². The third-order valence-electron chi connectivity index (χ3n) is 4.69. The summed E-state index contributed by atoms with van der Waals surface area (Å²) >= 11 is 0. The maximum Gasteiger partial charge on any atom is 0.251 e. The van der Waals surface area contributed by atoms with Crippen LogP contribution in [0.15, 0.2) is 53.3 Å². The van der Waals surface area contributed by atoms with E-state index in [1.165, 1.54) is 11.1 Å². The van der Waals surface area contributed by atoms with E-state index in [1.54, 1.807) is 30.7 Å². The number of benzene rings is 1. The lowest BCUT2D eigenvalue weighted by Crippen LogP contribution is -2.30. The van der Waals surface area contributed by atoms with Crippen molar-refractivity contribution in [3.8, 4) is 11.5 Å². The van der Waals surface area contributed by atoms with Crippen LogP contribution >= 0.6 is 0 Å². The summed E-state index contributed by atoms with van der Waals surface area (Å²) in [7, 11) is 0. The Hall–Kier alpha value is -2.95. The molecule has 3 aromatic rings. The minimum absolute atomic E-state index is 0.0102. The lowest BCUT2D eigenvalue weighted by molar-refractivity contribution is 0.0927. The van der Waals surface area contributed by atoms with Gasteiger partial charge in [0.15, 0.2) is 0 Å². The van der Waals surface area contributed by atoms with Crippen molar-refractivity contribution < 1.29 is 9.21 Å². The van der Waals surface area contributed by atoms with Crippen LogP contribution in [0.4, 0.5) is 0 Å². The van der Waals surface area contributed by atoms with E-state index in [0.29, 0.717) is 17.4 Å². The van der Waals surface area contributed by atoms with Gasteiger partial charge in [-0.15, -0.1) is 0 Å². The fourth-order valence-electron chi connectivity index (χ4n) is 3.43. The number of rotatable bonds is 3. The Balaban J connectivity index is 1.60. The van der Waals surface area contributed by atoms with Crippen LogP contribution in [-0.2, 0) is 6.42 Å². The minimum Gasteiger partial charge on any atom is -0.441 e. The zero-order valence-electron chi connectivity index (χ0n) is 14.2. The highest BCUT2D eigenvalue weighted by Crippen LogP contribution is 2.38. The van der Waals surface area contributed by atoms with Crippen LogP contribution in [-0.4, -0.2) is 15.9 Å². The zero-order valence-corrected chi connectivity index (χ0v) is 14.2. The van der Waals surface area contributed by atoms with E-state index in [4.69, 9.17) is 4.42 Å². The molecule has 2 atom stereocenters. The number of oxazole rings is 1. The summed E-state index contributed by atoms with van der Waals surface area (Å²) in [6.07, 6.45) is 5.91. The quantitative estimate of drug-likeness (QED) is 0.793. The Labute approximate surface area is 146 Å². The van der Waals surface area contributed by atoms with Gasteiger partial charge >= 0.3 is 0 Å². The largest absolute Gasteiger partial charge is 0.441 e. The maximum absolute atomic E-state index is 12.5. The van der Waals surface area contributed by atoms with Gasteiger partial charge in [0.1, 0.15) is 5.76 Å². The van der Waals surface area contributed by atoms with E-state index in [1.807, 2.05) is 13.0 Å². The molecule has 0 radical (unpaired) electrons. The first-order chi connectivity index (χ1) is 12.1. The fourth-order valence-corrected chi connectivity index (χ4v) is 3.43. The molecule has 0 aliphatic heterocycles. The second-order valence-electron chi connectivity index (χ2n) is 6.56. The first-order valence-electron chi connectivity index (χ1n) is 8.38. The number of nitrogens with one attached hydrogen (secondary N) is 1. The summed E-state index contributed by atoms with van der Waals surface area (Å²) in [6.45, 7) is 4.04. The summed E-state index contributed by atoms with van der Waals surface area (Å²) in [6, 6.07) is 9.67. The van der Waals surface area contributed by atoms with Gasteiger partial charge in [0.2, 0.25) is 5.89 Å². The molecule has 1 aliphatic rings. The van der Waals surface area contributed by atoms with Gasteiger partial charge < -0.3 is 9.73 Å². The van der Waals surface area contributed by atoms with Crippen molar-refractivity contribution in [1.82, 2.24) is 15.3 Å². The van der Waals surface area contributed by atoms with Crippen LogP contribution in [0, 0.1) is 12.8 Å². The molecular formula is C20H19N3O2. The number of nitrogens with zero attached hydrogens (tertiary/aromatic N) is 2. The molecule has 2 unspecified atom stereocenters. The van der Waals surface area contributed by atoms with Crippen molar-refractivity contribution in [2.45, 2.75) is 26.3 Å². The van der Waals surface area contributed by atoms with Crippen LogP contribution in [0.2, 0.25) is 0 Å². The first kappa shape index (κ1) is 15.6. The Morgan fingerprint density at radius 2 is 2.04 bits per heavy atom. The second kappa shape index (κ2) is 6.16. The molecule has 1 aromatic carbocycles. The van der Waals surface area contributed by atoms with Gasteiger partial charge in [-0.2, -0.15) is 0 Å². The molecule has 2 aromatic heterocycles. The van der Waals surface area contributed by atoms with Crippen LogP contribution in [0.1, 0.15) is 40.2 Å². The molecule has 0 spiro atoms. The molecule has 0 fully saturated rings. The predicted molar refractivity (Wildman–Crippen MR) is 94.0 cm³/mol. The van der Waals surface area contributed by atoms with Crippen molar-refractivity contribution in [3.05, 3.63) is 71.4 Å². The number of hydrogen-bond donors (Lipinski definition) is 1. The molecule has 1 aliphatic carbocycles. The summed E-state index contributed by atoms with van der Waals surface area (Å²) in [5, 5.41) is 3.16. The minimum atomic E-state index is -0.0699. The molecule has 4 rings (SSSR count). The highest BCUT2D eigenvalue weighted by atomic mass is 16.4. The molecule has 2 heterocycles.